The predicted molar refractivity (Wildman–Crippen MR) is 117 cm³/mol. The summed E-state index contributed by atoms with van der Waals surface area (Å²) in [6.45, 7) is 2.83. The summed E-state index contributed by atoms with van der Waals surface area (Å²) in [4.78, 5) is 17.2. The average Bonchev–Trinajstić information content (AvgIpc) is 3.32. The minimum atomic E-state index is -0.865. The molecule has 2 N–H and O–H groups in total. The molecule has 2 saturated carbocycles. The maximum atomic E-state index is 12.6. The number of hydrogen-bond donors (Lipinski definition) is 2. The quantitative estimate of drug-likeness (QED) is 0.745. The number of aliphatic hydroxyl groups is 1. The first kappa shape index (κ1) is 20.1. The van der Waals surface area contributed by atoms with E-state index in [2.05, 4.69) is 4.90 Å². The highest BCUT2D eigenvalue weighted by Gasteiger charge is 2.73. The normalized spacial score (nSPS) is 40.4. The zero-order chi connectivity index (χ0) is 20.3. The van der Waals surface area contributed by atoms with Gasteiger partial charge in [0.2, 0.25) is 5.91 Å². The third-order valence-electron chi connectivity index (χ3n) is 9.24. The molecule has 7 rings (SSSR count). The second kappa shape index (κ2) is 6.52. The average molecular weight is 447 g/mol. The fourth-order valence-corrected chi connectivity index (χ4v) is 7.79. The number of likely N-dealkylation sites (tertiary alicyclic amines) is 2. The van der Waals surface area contributed by atoms with Gasteiger partial charge in [0.25, 0.3) is 0 Å². The molecule has 1 spiro atoms. The van der Waals surface area contributed by atoms with E-state index in [4.69, 9.17) is 4.74 Å². The van der Waals surface area contributed by atoms with Gasteiger partial charge in [-0.05, 0) is 69.0 Å². The third kappa shape index (κ3) is 2.39. The molecule has 31 heavy (non-hydrogen) atoms. The SMILES string of the molecule is Cl.O=C1CCCN1[C@@H]1CC[C@@]2(O)[C@H]3Cc4ccc(O)c5c4[C@@]2(CCN3CC2CC2)[C@H]1O5. The highest BCUT2D eigenvalue weighted by atomic mass is 35.5. The molecule has 0 radical (unpaired) electrons. The van der Waals surface area contributed by atoms with Gasteiger partial charge in [-0.1, -0.05) is 6.07 Å². The van der Waals surface area contributed by atoms with E-state index in [1.54, 1.807) is 6.07 Å². The summed E-state index contributed by atoms with van der Waals surface area (Å²) in [5.41, 5.74) is 0.879. The van der Waals surface area contributed by atoms with E-state index >= 15 is 0 Å². The van der Waals surface area contributed by atoms with Crippen molar-refractivity contribution in [1.82, 2.24) is 9.80 Å². The Morgan fingerprint density at radius 2 is 2.00 bits per heavy atom. The van der Waals surface area contributed by atoms with E-state index in [1.807, 2.05) is 11.0 Å². The third-order valence-corrected chi connectivity index (χ3v) is 9.24. The molecule has 3 aliphatic carbocycles. The number of carbonyl (C=O) groups is 1. The molecule has 4 fully saturated rings. The fourth-order valence-electron chi connectivity index (χ4n) is 7.79. The number of halogens is 1. The second-order valence-electron chi connectivity index (χ2n) is 10.6. The highest BCUT2D eigenvalue weighted by molar-refractivity contribution is 5.85. The monoisotopic (exact) mass is 446 g/mol. The standard InChI is InChI=1S/C24H30N2O4.ClH/c27-17-6-5-15-12-18-24(29)8-7-16(26-10-1-2-19(26)28)22-23(24,20(15)21(17)30-22)9-11-25(18)13-14-3-4-14;/h5-6,14,16,18,22,27,29H,1-4,7-13H2;1H/t16-,18-,22+,23+,24-;/m1./s1. The summed E-state index contributed by atoms with van der Waals surface area (Å²) >= 11 is 0. The van der Waals surface area contributed by atoms with Crippen molar-refractivity contribution < 1.29 is 19.7 Å². The zero-order valence-electron chi connectivity index (χ0n) is 17.8. The van der Waals surface area contributed by atoms with Crippen LogP contribution < -0.4 is 4.74 Å². The van der Waals surface area contributed by atoms with Gasteiger partial charge in [-0.25, -0.2) is 0 Å². The number of rotatable bonds is 3. The molecule has 5 atom stereocenters. The van der Waals surface area contributed by atoms with Crippen LogP contribution in [0.2, 0.25) is 0 Å². The van der Waals surface area contributed by atoms with Crippen LogP contribution in [0.1, 0.15) is 56.1 Å². The number of carbonyl (C=O) groups excluding carboxylic acids is 1. The summed E-state index contributed by atoms with van der Waals surface area (Å²) < 4.78 is 6.55. The topological polar surface area (TPSA) is 73.2 Å². The van der Waals surface area contributed by atoms with Crippen molar-refractivity contribution in [2.24, 2.45) is 5.92 Å². The number of hydrogen-bond acceptors (Lipinski definition) is 5. The van der Waals surface area contributed by atoms with Gasteiger partial charge in [-0.2, -0.15) is 0 Å². The number of benzene rings is 1. The summed E-state index contributed by atoms with van der Waals surface area (Å²) in [6, 6.07) is 3.87. The van der Waals surface area contributed by atoms with Crippen LogP contribution in [0.5, 0.6) is 11.5 Å². The van der Waals surface area contributed by atoms with Crippen LogP contribution in [0.3, 0.4) is 0 Å². The fraction of sp³-hybridized carbons (Fsp3) is 0.708. The van der Waals surface area contributed by atoms with Gasteiger partial charge in [-0.3, -0.25) is 9.69 Å². The van der Waals surface area contributed by atoms with Crippen molar-refractivity contribution in [3.63, 3.8) is 0 Å². The maximum absolute atomic E-state index is 12.6. The molecular weight excluding hydrogens is 416 g/mol. The Morgan fingerprint density at radius 3 is 2.74 bits per heavy atom. The van der Waals surface area contributed by atoms with Gasteiger partial charge in [0.05, 0.1) is 17.1 Å². The smallest absolute Gasteiger partial charge is 0.223 e. The van der Waals surface area contributed by atoms with E-state index in [0.29, 0.717) is 18.6 Å². The van der Waals surface area contributed by atoms with Crippen molar-refractivity contribution >= 4 is 18.3 Å². The Morgan fingerprint density at radius 1 is 1.16 bits per heavy atom. The van der Waals surface area contributed by atoms with E-state index in [0.717, 1.165) is 56.8 Å². The number of piperidine rings is 1. The Hall–Kier alpha value is -1.50. The molecule has 1 amide bonds. The van der Waals surface area contributed by atoms with E-state index < -0.39 is 11.0 Å². The van der Waals surface area contributed by atoms with Crippen LogP contribution in [-0.2, 0) is 16.6 Å². The van der Waals surface area contributed by atoms with Crippen LogP contribution in [-0.4, -0.2) is 69.3 Å². The van der Waals surface area contributed by atoms with Crippen LogP contribution in [0.25, 0.3) is 0 Å². The lowest BCUT2D eigenvalue weighted by atomic mass is 9.48. The van der Waals surface area contributed by atoms with Gasteiger partial charge in [0.1, 0.15) is 6.10 Å². The van der Waals surface area contributed by atoms with Crippen LogP contribution in [0.15, 0.2) is 12.1 Å². The molecule has 7 heteroatoms. The van der Waals surface area contributed by atoms with Gasteiger partial charge in [-0.15, -0.1) is 12.4 Å². The largest absolute Gasteiger partial charge is 0.504 e. The number of phenolic OH excluding ortho intramolecular Hbond substituents is 1. The van der Waals surface area contributed by atoms with E-state index in [9.17, 15) is 15.0 Å². The molecular formula is C24H31ClN2O4. The molecule has 3 aliphatic heterocycles. The number of ether oxygens (including phenoxy) is 1. The van der Waals surface area contributed by atoms with Gasteiger partial charge in [0, 0.05) is 31.1 Å². The molecule has 3 heterocycles. The molecule has 2 bridgehead atoms. The van der Waals surface area contributed by atoms with Crippen molar-refractivity contribution in [2.75, 3.05) is 19.6 Å². The molecule has 2 saturated heterocycles. The van der Waals surface area contributed by atoms with Crippen molar-refractivity contribution in [3.8, 4) is 11.5 Å². The van der Waals surface area contributed by atoms with Gasteiger partial charge in [0.15, 0.2) is 11.5 Å². The van der Waals surface area contributed by atoms with E-state index in [-0.39, 0.29) is 42.3 Å². The summed E-state index contributed by atoms with van der Waals surface area (Å²) in [7, 11) is 0. The van der Waals surface area contributed by atoms with Crippen LogP contribution >= 0.6 is 12.4 Å². The van der Waals surface area contributed by atoms with Crippen molar-refractivity contribution in [1.29, 1.82) is 0 Å². The molecule has 6 aliphatic rings. The summed E-state index contributed by atoms with van der Waals surface area (Å²) in [6.07, 6.45) is 6.98. The molecule has 0 unspecified atom stereocenters. The lowest BCUT2D eigenvalue weighted by Gasteiger charge is -2.64. The van der Waals surface area contributed by atoms with Gasteiger partial charge < -0.3 is 19.8 Å². The Labute approximate surface area is 189 Å². The first-order valence-electron chi connectivity index (χ1n) is 11.8. The van der Waals surface area contributed by atoms with Crippen molar-refractivity contribution in [3.05, 3.63) is 23.3 Å². The van der Waals surface area contributed by atoms with Crippen molar-refractivity contribution in [2.45, 2.75) is 80.6 Å². The Balaban J connectivity index is 0.00000185. The molecule has 6 nitrogen and oxygen atoms in total. The lowest BCUT2D eigenvalue weighted by Crippen LogP contribution is -2.78. The minimum Gasteiger partial charge on any atom is -0.504 e. The summed E-state index contributed by atoms with van der Waals surface area (Å²) in [5.74, 6) is 1.74. The minimum absolute atomic E-state index is 0. The van der Waals surface area contributed by atoms with E-state index in [1.165, 1.54) is 18.4 Å². The molecule has 168 valence electrons. The molecule has 1 aromatic carbocycles. The van der Waals surface area contributed by atoms with Crippen LogP contribution in [0, 0.1) is 5.92 Å². The number of nitrogens with zero attached hydrogens (tertiary/aromatic N) is 2. The molecule has 0 aromatic heterocycles. The van der Waals surface area contributed by atoms with Gasteiger partial charge >= 0.3 is 0 Å². The lowest BCUT2D eigenvalue weighted by molar-refractivity contribution is -0.200. The number of amides is 1. The highest BCUT2D eigenvalue weighted by Crippen LogP contribution is 2.66. The molecule has 1 aromatic rings. The van der Waals surface area contributed by atoms with Crippen LogP contribution in [0.4, 0.5) is 0 Å². The first-order valence-corrected chi connectivity index (χ1v) is 11.8. The number of aromatic hydroxyl groups is 1. The maximum Gasteiger partial charge on any atom is 0.223 e. The predicted octanol–water partition coefficient (Wildman–Crippen LogP) is 2.37. The second-order valence-corrected chi connectivity index (χ2v) is 10.6. The first-order chi connectivity index (χ1) is 14.5. The Kier molecular flexibility index (Phi) is 4.23. The summed E-state index contributed by atoms with van der Waals surface area (Å²) in [5, 5.41) is 23.1. The number of phenols is 1. The Bertz CT molecular complexity index is 952. The zero-order valence-corrected chi connectivity index (χ0v) is 18.6.